The first-order valence-electron chi connectivity index (χ1n) is 15.7. The molecule has 14 heteroatoms. The summed E-state index contributed by atoms with van der Waals surface area (Å²) in [4.78, 5) is 70.7. The SMILES string of the molecule is CCC(C)CNC(=O)CP(=O)(O)[C@H](CC(C)C)NC(=O)[C@H](Cc1cnc[nH]1)NC(=O)[C@H](Cc1ccccc1)NC(=O)OC(C)(C)C. The summed E-state index contributed by atoms with van der Waals surface area (Å²) in [6.07, 6.45) is 2.51. The molecule has 0 aliphatic carbocycles. The summed E-state index contributed by atoms with van der Waals surface area (Å²) in [5.74, 6) is -3.09. The first kappa shape index (κ1) is 38.5. The first-order chi connectivity index (χ1) is 21.5. The molecule has 2 rings (SSSR count). The average molecular weight is 663 g/mol. The Bertz CT molecular complexity index is 1310. The summed E-state index contributed by atoms with van der Waals surface area (Å²) in [7, 11) is -4.23. The number of amides is 4. The van der Waals surface area contributed by atoms with E-state index in [1.54, 1.807) is 45.0 Å². The van der Waals surface area contributed by atoms with E-state index >= 15 is 0 Å². The molecule has 1 heterocycles. The summed E-state index contributed by atoms with van der Waals surface area (Å²) < 4.78 is 18.9. The Morgan fingerprint density at radius 3 is 2.17 bits per heavy atom. The molecule has 0 spiro atoms. The van der Waals surface area contributed by atoms with E-state index in [-0.39, 0.29) is 31.1 Å². The Labute approximate surface area is 271 Å². The topological polar surface area (TPSA) is 192 Å². The lowest BCUT2D eigenvalue weighted by atomic mass is 10.0. The molecule has 5 atom stereocenters. The molecule has 13 nitrogen and oxygen atoms in total. The van der Waals surface area contributed by atoms with Crippen LogP contribution in [0.15, 0.2) is 42.9 Å². The number of rotatable bonds is 17. The predicted octanol–water partition coefficient (Wildman–Crippen LogP) is 3.49. The van der Waals surface area contributed by atoms with Crippen molar-refractivity contribution in [3.63, 3.8) is 0 Å². The summed E-state index contributed by atoms with van der Waals surface area (Å²) in [5, 5.41) is 10.7. The van der Waals surface area contributed by atoms with Crippen molar-refractivity contribution < 1.29 is 33.4 Å². The number of aromatic nitrogens is 2. The van der Waals surface area contributed by atoms with Crippen LogP contribution >= 0.6 is 7.37 Å². The maximum atomic E-state index is 13.8. The number of aromatic amines is 1. The fourth-order valence-corrected chi connectivity index (χ4v) is 6.27. The van der Waals surface area contributed by atoms with Crippen LogP contribution in [0.3, 0.4) is 0 Å². The minimum absolute atomic E-state index is 0.0262. The summed E-state index contributed by atoms with van der Waals surface area (Å²) in [5.41, 5.74) is 0.477. The molecule has 0 saturated heterocycles. The molecule has 6 N–H and O–H groups in total. The highest BCUT2D eigenvalue weighted by Crippen LogP contribution is 2.47. The zero-order valence-corrected chi connectivity index (χ0v) is 28.9. The van der Waals surface area contributed by atoms with Crippen molar-refractivity contribution in [3.8, 4) is 0 Å². The molecule has 0 fully saturated rings. The fourth-order valence-electron chi connectivity index (χ4n) is 4.45. The van der Waals surface area contributed by atoms with Crippen LogP contribution in [0.5, 0.6) is 0 Å². The fraction of sp³-hybridized carbons (Fsp3) is 0.594. The van der Waals surface area contributed by atoms with E-state index < -0.39 is 60.8 Å². The molecule has 46 heavy (non-hydrogen) atoms. The van der Waals surface area contributed by atoms with Gasteiger partial charge in [-0.2, -0.15) is 0 Å². The van der Waals surface area contributed by atoms with Crippen LogP contribution < -0.4 is 21.3 Å². The zero-order valence-electron chi connectivity index (χ0n) is 28.0. The average Bonchev–Trinajstić information content (AvgIpc) is 3.47. The molecule has 0 aliphatic heterocycles. The van der Waals surface area contributed by atoms with Crippen molar-refractivity contribution in [3.05, 3.63) is 54.1 Å². The van der Waals surface area contributed by atoms with Gasteiger partial charge in [0.25, 0.3) is 0 Å². The Balaban J connectivity index is 2.31. The number of nitrogens with zero attached hydrogens (tertiary/aromatic N) is 1. The molecule has 1 aromatic heterocycles. The molecule has 0 radical (unpaired) electrons. The number of benzene rings is 1. The van der Waals surface area contributed by atoms with Gasteiger partial charge < -0.3 is 35.9 Å². The Morgan fingerprint density at radius 1 is 0.978 bits per heavy atom. The Kier molecular flexibility index (Phi) is 14.9. The third-order valence-electron chi connectivity index (χ3n) is 7.11. The van der Waals surface area contributed by atoms with Crippen molar-refractivity contribution in [2.45, 2.75) is 97.6 Å². The molecule has 0 aliphatic rings. The quantitative estimate of drug-likeness (QED) is 0.139. The largest absolute Gasteiger partial charge is 0.444 e. The summed E-state index contributed by atoms with van der Waals surface area (Å²) in [6.45, 7) is 13.1. The van der Waals surface area contributed by atoms with Crippen molar-refractivity contribution in [1.82, 2.24) is 31.2 Å². The van der Waals surface area contributed by atoms with Gasteiger partial charge in [-0.1, -0.05) is 64.4 Å². The minimum atomic E-state index is -4.23. The lowest BCUT2D eigenvalue weighted by Crippen LogP contribution is -2.56. The van der Waals surface area contributed by atoms with Gasteiger partial charge in [0.15, 0.2) is 0 Å². The second-order valence-corrected chi connectivity index (χ2v) is 15.6. The lowest BCUT2D eigenvalue weighted by molar-refractivity contribution is -0.130. The maximum Gasteiger partial charge on any atom is 0.408 e. The number of hydrogen-bond acceptors (Lipinski definition) is 7. The van der Waals surface area contributed by atoms with Gasteiger partial charge in [0.05, 0.1) is 6.33 Å². The number of carbonyl (C=O) groups excluding carboxylic acids is 4. The number of alkyl carbamates (subject to hydrolysis) is 1. The highest BCUT2D eigenvalue weighted by molar-refractivity contribution is 7.59. The van der Waals surface area contributed by atoms with Crippen LogP contribution in [-0.2, 0) is 36.5 Å². The van der Waals surface area contributed by atoms with Crippen LogP contribution in [0.1, 0.15) is 72.6 Å². The Hall–Kier alpha value is -3.70. The maximum absolute atomic E-state index is 13.8. The highest BCUT2D eigenvalue weighted by atomic mass is 31.2. The third-order valence-corrected chi connectivity index (χ3v) is 9.16. The molecule has 0 saturated carbocycles. The predicted molar refractivity (Wildman–Crippen MR) is 176 cm³/mol. The van der Waals surface area contributed by atoms with Crippen LogP contribution in [0.4, 0.5) is 4.79 Å². The number of hydrogen-bond donors (Lipinski definition) is 6. The molecule has 4 amide bonds. The molecule has 1 aromatic carbocycles. The van der Waals surface area contributed by atoms with Crippen molar-refractivity contribution in [2.75, 3.05) is 12.7 Å². The van der Waals surface area contributed by atoms with E-state index in [0.29, 0.717) is 12.2 Å². The standard InChI is InChI=1S/C32H51N6O7P/c1-8-22(4)17-34-27(39)19-46(43,44)28(14-21(2)3)38-30(41)26(16-24-18-33-20-35-24)36-29(40)25(15-23-12-10-9-11-13-23)37-31(42)45-32(5,6)7/h9-13,18,20-22,25-26,28H,8,14-17,19H2,1-7H3,(H,33,35)(H,34,39)(H,36,40)(H,37,42)(H,38,41)(H,43,44)/t22?,25-,26-,28+/m0/s1. The van der Waals surface area contributed by atoms with Gasteiger partial charge in [-0.15, -0.1) is 0 Å². The van der Waals surface area contributed by atoms with E-state index in [2.05, 4.69) is 31.2 Å². The summed E-state index contributed by atoms with van der Waals surface area (Å²) in [6, 6.07) is 6.71. The number of nitrogens with one attached hydrogen (secondary N) is 5. The van der Waals surface area contributed by atoms with E-state index in [1.807, 2.05) is 33.8 Å². The van der Waals surface area contributed by atoms with Crippen molar-refractivity contribution >= 4 is 31.2 Å². The van der Waals surface area contributed by atoms with Crippen LogP contribution in [0.2, 0.25) is 0 Å². The molecule has 256 valence electrons. The highest BCUT2D eigenvalue weighted by Gasteiger charge is 2.37. The molecule has 2 unspecified atom stereocenters. The number of imidazole rings is 1. The third kappa shape index (κ3) is 14.2. The van der Waals surface area contributed by atoms with Gasteiger partial charge in [-0.05, 0) is 44.6 Å². The second-order valence-electron chi connectivity index (χ2n) is 13.1. The molecule has 2 aromatic rings. The van der Waals surface area contributed by atoms with Gasteiger partial charge in [-0.3, -0.25) is 18.9 Å². The Morgan fingerprint density at radius 2 is 1.61 bits per heavy atom. The van der Waals surface area contributed by atoms with E-state index in [0.717, 1.165) is 12.0 Å². The number of ether oxygens (including phenoxy) is 1. The van der Waals surface area contributed by atoms with Gasteiger partial charge in [0.2, 0.25) is 25.1 Å². The van der Waals surface area contributed by atoms with E-state index in [9.17, 15) is 28.6 Å². The lowest BCUT2D eigenvalue weighted by Gasteiger charge is -2.29. The van der Waals surface area contributed by atoms with Crippen LogP contribution in [0.25, 0.3) is 0 Å². The second kappa shape index (κ2) is 17.9. The zero-order chi connectivity index (χ0) is 34.5. The van der Waals surface area contributed by atoms with Gasteiger partial charge in [-0.25, -0.2) is 9.78 Å². The van der Waals surface area contributed by atoms with Gasteiger partial charge >= 0.3 is 6.09 Å². The van der Waals surface area contributed by atoms with Crippen LogP contribution in [-0.4, -0.2) is 74.9 Å². The van der Waals surface area contributed by atoms with Crippen molar-refractivity contribution in [1.29, 1.82) is 0 Å². The van der Waals surface area contributed by atoms with Crippen LogP contribution in [0, 0.1) is 11.8 Å². The first-order valence-corrected chi connectivity index (χ1v) is 17.6. The molecule has 0 bridgehead atoms. The monoisotopic (exact) mass is 662 g/mol. The van der Waals surface area contributed by atoms with E-state index in [1.165, 1.54) is 12.5 Å². The molecular weight excluding hydrogens is 611 g/mol. The normalized spacial score (nSPS) is 15.5. The smallest absolute Gasteiger partial charge is 0.408 e. The van der Waals surface area contributed by atoms with E-state index in [4.69, 9.17) is 4.74 Å². The summed E-state index contributed by atoms with van der Waals surface area (Å²) >= 11 is 0. The van der Waals surface area contributed by atoms with Gasteiger partial charge in [0.1, 0.15) is 29.6 Å². The number of carbonyl (C=O) groups is 4. The van der Waals surface area contributed by atoms with Gasteiger partial charge in [0, 0.05) is 31.3 Å². The minimum Gasteiger partial charge on any atom is -0.444 e. The van der Waals surface area contributed by atoms with Crippen molar-refractivity contribution in [2.24, 2.45) is 11.8 Å². The molecular formula is C32H51N6O7P. The number of H-pyrrole nitrogens is 1.